The number of aliphatic hydroxyl groups is 1. The third-order valence-corrected chi connectivity index (χ3v) is 4.44. The minimum atomic E-state index is -1.07. The number of benzene rings is 1. The Balaban J connectivity index is 0.00000280. The molecule has 0 spiro atoms. The highest BCUT2D eigenvalue weighted by Gasteiger charge is 2.27. The maximum Gasteiger partial charge on any atom is 0.191 e. The summed E-state index contributed by atoms with van der Waals surface area (Å²) in [5.41, 5.74) is 0.562. The van der Waals surface area contributed by atoms with Crippen molar-refractivity contribution in [2.45, 2.75) is 39.8 Å². The molecule has 3 rings (SSSR count). The predicted octanol–water partition coefficient (Wildman–Crippen LogP) is 4.22. The van der Waals surface area contributed by atoms with Crippen LogP contribution >= 0.6 is 24.0 Å². The summed E-state index contributed by atoms with van der Waals surface area (Å²) in [6, 6.07) is 11.8. The fourth-order valence-corrected chi connectivity index (χ4v) is 3.13. The smallest absolute Gasteiger partial charge is 0.191 e. The second-order valence-corrected chi connectivity index (χ2v) is 6.90. The zero-order chi connectivity index (χ0) is 19.4. The van der Waals surface area contributed by atoms with Crippen LogP contribution in [0, 0.1) is 13.8 Å². The van der Waals surface area contributed by atoms with E-state index in [1.165, 1.54) is 0 Å². The number of halogens is 1. The first-order valence-corrected chi connectivity index (χ1v) is 9.18. The Labute approximate surface area is 182 Å². The summed E-state index contributed by atoms with van der Waals surface area (Å²) < 4.78 is 11.3. The van der Waals surface area contributed by atoms with E-state index >= 15 is 0 Å². The van der Waals surface area contributed by atoms with Gasteiger partial charge < -0.3 is 24.6 Å². The lowest BCUT2D eigenvalue weighted by molar-refractivity contribution is 0.0601. The van der Waals surface area contributed by atoms with Gasteiger partial charge in [-0.1, -0.05) is 18.2 Å². The van der Waals surface area contributed by atoms with Gasteiger partial charge in [0.25, 0.3) is 0 Å². The molecule has 0 saturated carbocycles. The third-order valence-electron chi connectivity index (χ3n) is 4.44. The number of hydrogen-bond acceptors (Lipinski definition) is 4. The van der Waals surface area contributed by atoms with Crippen molar-refractivity contribution in [2.24, 2.45) is 4.99 Å². The van der Waals surface area contributed by atoms with Gasteiger partial charge in [-0.3, -0.25) is 0 Å². The van der Waals surface area contributed by atoms with Gasteiger partial charge in [0.15, 0.2) is 5.96 Å². The molecule has 0 fully saturated rings. The summed E-state index contributed by atoms with van der Waals surface area (Å²) in [4.78, 5) is 4.57. The molecular weight excluding hydrogens is 469 g/mol. The van der Waals surface area contributed by atoms with Crippen LogP contribution in [0.3, 0.4) is 0 Å². The molecule has 0 amide bonds. The number of aliphatic imine (C=N–C) groups is 1. The van der Waals surface area contributed by atoms with Crippen molar-refractivity contribution in [3.63, 3.8) is 0 Å². The van der Waals surface area contributed by atoms with Gasteiger partial charge in [0, 0.05) is 17.5 Å². The minimum absolute atomic E-state index is 0. The Bertz CT molecular complexity index is 910. The van der Waals surface area contributed by atoms with Crippen LogP contribution in [0.1, 0.15) is 36.7 Å². The molecule has 0 bridgehead atoms. The second-order valence-electron chi connectivity index (χ2n) is 6.90. The van der Waals surface area contributed by atoms with Crippen LogP contribution in [-0.2, 0) is 12.1 Å². The van der Waals surface area contributed by atoms with E-state index in [2.05, 4.69) is 15.6 Å². The van der Waals surface area contributed by atoms with E-state index in [4.69, 9.17) is 8.83 Å². The Morgan fingerprint density at radius 1 is 1.14 bits per heavy atom. The molecule has 0 aliphatic rings. The highest BCUT2D eigenvalue weighted by atomic mass is 127. The van der Waals surface area contributed by atoms with Crippen LogP contribution in [-0.4, -0.2) is 24.2 Å². The highest BCUT2D eigenvalue weighted by molar-refractivity contribution is 14.0. The van der Waals surface area contributed by atoms with Gasteiger partial charge in [-0.05, 0) is 45.9 Å². The molecule has 0 aliphatic heterocycles. The van der Waals surface area contributed by atoms with Gasteiger partial charge in [-0.2, -0.15) is 0 Å². The zero-order valence-corrected chi connectivity index (χ0v) is 19.0. The fraction of sp³-hybridized carbons (Fsp3) is 0.381. The van der Waals surface area contributed by atoms with Crippen LogP contribution < -0.4 is 10.6 Å². The van der Waals surface area contributed by atoms with Crippen molar-refractivity contribution in [3.05, 3.63) is 59.2 Å². The number of nitrogens with zero attached hydrogens (tertiary/aromatic N) is 1. The molecule has 0 radical (unpaired) electrons. The van der Waals surface area contributed by atoms with Gasteiger partial charge >= 0.3 is 0 Å². The summed E-state index contributed by atoms with van der Waals surface area (Å²) in [7, 11) is 0. The average molecular weight is 497 g/mol. The van der Waals surface area contributed by atoms with E-state index in [-0.39, 0.29) is 24.0 Å². The van der Waals surface area contributed by atoms with E-state index in [0.717, 1.165) is 40.4 Å². The number of furan rings is 2. The van der Waals surface area contributed by atoms with Crippen molar-refractivity contribution in [1.29, 1.82) is 0 Å². The summed E-state index contributed by atoms with van der Waals surface area (Å²) in [6.07, 6.45) is 0. The number of rotatable bonds is 6. The lowest BCUT2D eigenvalue weighted by Gasteiger charge is -2.24. The van der Waals surface area contributed by atoms with Crippen molar-refractivity contribution < 1.29 is 13.9 Å². The molecule has 2 heterocycles. The standard InChI is InChI=1S/C21H27N3O3.HI/c1-5-22-20(23-12-17-11-16-8-6-7-9-19(16)27-17)24-13-21(4,25)18-10-14(2)26-15(18)3;/h6-11,25H,5,12-13H2,1-4H3,(H2,22,23,24);1H. The first kappa shape index (κ1) is 22.3. The first-order chi connectivity index (χ1) is 12.9. The lowest BCUT2D eigenvalue weighted by Crippen LogP contribution is -2.44. The molecule has 7 heteroatoms. The van der Waals surface area contributed by atoms with Crippen molar-refractivity contribution in [3.8, 4) is 0 Å². The Morgan fingerprint density at radius 3 is 2.54 bits per heavy atom. The maximum atomic E-state index is 10.9. The molecule has 152 valence electrons. The second kappa shape index (κ2) is 9.47. The lowest BCUT2D eigenvalue weighted by atomic mass is 9.96. The summed E-state index contributed by atoms with van der Waals surface area (Å²) in [5.74, 6) is 2.93. The van der Waals surface area contributed by atoms with E-state index < -0.39 is 5.60 Å². The molecule has 0 saturated heterocycles. The largest absolute Gasteiger partial charge is 0.466 e. The SMILES string of the molecule is CCNC(=NCc1cc2ccccc2o1)NCC(C)(O)c1cc(C)oc1C.I. The molecule has 0 aliphatic carbocycles. The number of nitrogens with one attached hydrogen (secondary N) is 2. The van der Waals surface area contributed by atoms with E-state index in [1.807, 2.05) is 57.2 Å². The quantitative estimate of drug-likeness (QED) is 0.270. The number of guanidine groups is 1. The molecule has 1 atom stereocenters. The number of para-hydroxylation sites is 1. The van der Waals surface area contributed by atoms with E-state index in [9.17, 15) is 5.11 Å². The van der Waals surface area contributed by atoms with Gasteiger partial charge in [-0.25, -0.2) is 4.99 Å². The highest BCUT2D eigenvalue weighted by Crippen LogP contribution is 2.26. The predicted molar refractivity (Wildman–Crippen MR) is 122 cm³/mol. The molecule has 1 aromatic carbocycles. The summed E-state index contributed by atoms with van der Waals surface area (Å²) in [6.45, 7) is 8.93. The van der Waals surface area contributed by atoms with Crippen LogP contribution in [0.5, 0.6) is 0 Å². The number of aryl methyl sites for hydroxylation is 2. The van der Waals surface area contributed by atoms with E-state index in [1.54, 1.807) is 6.92 Å². The number of hydrogen-bond donors (Lipinski definition) is 3. The monoisotopic (exact) mass is 497 g/mol. The molecule has 2 aromatic heterocycles. The van der Waals surface area contributed by atoms with Crippen molar-refractivity contribution >= 4 is 40.9 Å². The van der Waals surface area contributed by atoms with Gasteiger partial charge in [0.1, 0.15) is 35.0 Å². The Morgan fingerprint density at radius 2 is 1.89 bits per heavy atom. The van der Waals surface area contributed by atoms with Crippen LogP contribution in [0.4, 0.5) is 0 Å². The maximum absolute atomic E-state index is 10.9. The first-order valence-electron chi connectivity index (χ1n) is 9.18. The normalized spacial score (nSPS) is 13.8. The molecule has 3 aromatic rings. The topological polar surface area (TPSA) is 82.9 Å². The minimum Gasteiger partial charge on any atom is -0.466 e. The van der Waals surface area contributed by atoms with Gasteiger partial charge in [-0.15, -0.1) is 24.0 Å². The molecule has 28 heavy (non-hydrogen) atoms. The van der Waals surface area contributed by atoms with Gasteiger partial charge in [0.05, 0.1) is 6.54 Å². The van der Waals surface area contributed by atoms with E-state index in [0.29, 0.717) is 19.0 Å². The fourth-order valence-electron chi connectivity index (χ4n) is 3.13. The molecule has 6 nitrogen and oxygen atoms in total. The molecule has 3 N–H and O–H groups in total. The van der Waals surface area contributed by atoms with Gasteiger partial charge in [0.2, 0.25) is 0 Å². The van der Waals surface area contributed by atoms with Crippen molar-refractivity contribution in [2.75, 3.05) is 13.1 Å². The summed E-state index contributed by atoms with van der Waals surface area (Å²) in [5, 5.41) is 18.3. The van der Waals surface area contributed by atoms with Crippen LogP contribution in [0.15, 0.2) is 50.2 Å². The van der Waals surface area contributed by atoms with Crippen LogP contribution in [0.2, 0.25) is 0 Å². The molecular formula is C21H28IN3O3. The average Bonchev–Trinajstić information content (AvgIpc) is 3.19. The number of fused-ring (bicyclic) bond motifs is 1. The van der Waals surface area contributed by atoms with Crippen molar-refractivity contribution in [1.82, 2.24) is 10.6 Å². The Kier molecular flexibility index (Phi) is 7.54. The van der Waals surface area contributed by atoms with Crippen LogP contribution in [0.25, 0.3) is 11.0 Å². The third kappa shape index (κ3) is 5.29. The molecule has 1 unspecified atom stereocenters. The zero-order valence-electron chi connectivity index (χ0n) is 16.7. The Hall–Kier alpha value is -2.00. The summed E-state index contributed by atoms with van der Waals surface area (Å²) >= 11 is 0.